The van der Waals surface area contributed by atoms with Gasteiger partial charge in [-0.25, -0.2) is 0 Å². The zero-order valence-electron chi connectivity index (χ0n) is 19.1. The Bertz CT molecular complexity index is 1210. The summed E-state index contributed by atoms with van der Waals surface area (Å²) in [4.78, 5) is 2.18. The van der Waals surface area contributed by atoms with Crippen LogP contribution in [0.1, 0.15) is 37.1 Å². The molecule has 2 nitrogen and oxygen atoms in total. The monoisotopic (exact) mass is 625 g/mol. The van der Waals surface area contributed by atoms with Crippen LogP contribution in [0.5, 0.6) is 0 Å². The first-order valence-corrected chi connectivity index (χ1v) is 11.2. The molecule has 0 saturated heterocycles. The average molecular weight is 625 g/mol. The van der Waals surface area contributed by atoms with Gasteiger partial charge in [0.15, 0.2) is 0 Å². The largest absolute Gasteiger partial charge is 0.668 e. The van der Waals surface area contributed by atoms with Crippen LogP contribution < -0.4 is 4.90 Å². The van der Waals surface area contributed by atoms with Crippen LogP contribution in [-0.4, -0.2) is 0 Å². The zero-order valence-corrected chi connectivity index (χ0v) is 21.5. The Labute approximate surface area is 214 Å². The van der Waals surface area contributed by atoms with E-state index in [1.54, 1.807) is 6.07 Å². The Morgan fingerprint density at radius 2 is 1.44 bits per heavy atom. The Morgan fingerprint density at radius 1 is 0.853 bits per heavy atom. The predicted molar refractivity (Wildman–Crippen MR) is 134 cm³/mol. The number of rotatable bonds is 5. The standard InChI is InChI=1S/C30H25FN2.Ir/c1-21(2)25-19-27(22-9-5-3-6-10-22)29(28(20-25)23-11-7-4-8-12-23)33-18-17-32-30(33)24-13-15-26(31)16-14-24;/h3-13,15-21,30H,1-2H3;/q-2;. The maximum Gasteiger partial charge on any atom is 0.0555 e. The van der Waals surface area contributed by atoms with E-state index in [4.69, 9.17) is 5.32 Å². The molecule has 0 amide bonds. The Morgan fingerprint density at radius 3 is 1.94 bits per heavy atom. The van der Waals surface area contributed by atoms with Crippen molar-refractivity contribution in [3.63, 3.8) is 0 Å². The molecular weight excluding hydrogens is 600 g/mol. The Balaban J connectivity index is 0.00000274. The van der Waals surface area contributed by atoms with Gasteiger partial charge in [-0.3, -0.25) is 4.39 Å². The van der Waals surface area contributed by atoms with E-state index in [0.29, 0.717) is 5.92 Å². The molecular formula is C30H25FIrN2-2. The molecule has 1 heterocycles. The molecule has 0 bridgehead atoms. The van der Waals surface area contributed by atoms with Gasteiger partial charge in [-0.2, -0.15) is 23.9 Å². The summed E-state index contributed by atoms with van der Waals surface area (Å²) < 4.78 is 13.6. The van der Waals surface area contributed by atoms with Gasteiger partial charge < -0.3 is 10.2 Å². The molecule has 1 radical (unpaired) electrons. The number of hydrogen-bond acceptors (Lipinski definition) is 1. The van der Waals surface area contributed by atoms with Crippen molar-refractivity contribution in [2.24, 2.45) is 0 Å². The molecule has 0 N–H and O–H groups in total. The third-order valence-electron chi connectivity index (χ3n) is 6.02. The smallest absolute Gasteiger partial charge is 0.0555 e. The van der Waals surface area contributed by atoms with Gasteiger partial charge in [0.1, 0.15) is 0 Å². The number of nitrogens with zero attached hydrogens (tertiary/aromatic N) is 2. The minimum absolute atomic E-state index is 0. The maximum absolute atomic E-state index is 13.6. The maximum atomic E-state index is 13.6. The number of anilines is 1. The van der Waals surface area contributed by atoms with Gasteiger partial charge in [0.05, 0.1) is 5.69 Å². The van der Waals surface area contributed by atoms with Gasteiger partial charge in [-0.1, -0.05) is 74.5 Å². The van der Waals surface area contributed by atoms with Crippen LogP contribution in [-0.2, 0) is 20.1 Å². The first-order valence-electron chi connectivity index (χ1n) is 11.2. The summed E-state index contributed by atoms with van der Waals surface area (Å²) in [5, 5.41) is 4.71. The fourth-order valence-electron chi connectivity index (χ4n) is 4.29. The molecule has 173 valence electrons. The molecule has 1 unspecified atom stereocenters. The van der Waals surface area contributed by atoms with Crippen LogP contribution in [0.25, 0.3) is 27.6 Å². The van der Waals surface area contributed by atoms with Gasteiger partial charge in [0.2, 0.25) is 0 Å². The molecule has 0 spiro atoms. The molecule has 4 aromatic rings. The molecule has 4 aromatic carbocycles. The van der Waals surface area contributed by atoms with Gasteiger partial charge in [-0.15, -0.1) is 12.1 Å². The van der Waals surface area contributed by atoms with E-state index < -0.39 is 0 Å². The minimum atomic E-state index is -0.305. The first kappa shape index (κ1) is 23.9. The van der Waals surface area contributed by atoms with Crippen molar-refractivity contribution < 1.29 is 24.5 Å². The SMILES string of the molecule is CC(C)c1cc(-c2ccccc2)c(N2C=C[N-]C2c2[c-]cc(F)cc2)c(-c2ccccc2)c1.[Ir]. The third-order valence-corrected chi connectivity index (χ3v) is 6.02. The van der Waals surface area contributed by atoms with Crippen molar-refractivity contribution in [1.82, 2.24) is 0 Å². The summed E-state index contributed by atoms with van der Waals surface area (Å²) in [6.07, 6.45) is 3.52. The zero-order chi connectivity index (χ0) is 22.8. The third kappa shape index (κ3) is 4.70. The fraction of sp³-hybridized carbons (Fsp3) is 0.133. The molecule has 1 aliphatic heterocycles. The van der Waals surface area contributed by atoms with Crippen LogP contribution in [0.4, 0.5) is 10.1 Å². The van der Waals surface area contributed by atoms with Gasteiger partial charge in [-0.05, 0) is 47.1 Å². The Hall–Kier alpha value is -3.20. The van der Waals surface area contributed by atoms with E-state index in [1.165, 1.54) is 17.7 Å². The van der Waals surface area contributed by atoms with Gasteiger partial charge in [0, 0.05) is 37.0 Å². The van der Waals surface area contributed by atoms with Crippen molar-refractivity contribution >= 4 is 5.69 Å². The molecule has 0 saturated carbocycles. The van der Waals surface area contributed by atoms with Crippen LogP contribution in [0.3, 0.4) is 0 Å². The van der Waals surface area contributed by atoms with Crippen LogP contribution in [0.15, 0.2) is 103 Å². The molecule has 1 aliphatic rings. The van der Waals surface area contributed by atoms with Crippen molar-refractivity contribution in [3.8, 4) is 22.3 Å². The van der Waals surface area contributed by atoms with E-state index >= 15 is 0 Å². The van der Waals surface area contributed by atoms with E-state index in [-0.39, 0.29) is 32.1 Å². The minimum Gasteiger partial charge on any atom is -0.668 e. The Kier molecular flexibility index (Phi) is 7.31. The fourth-order valence-corrected chi connectivity index (χ4v) is 4.29. The second-order valence-corrected chi connectivity index (χ2v) is 8.54. The molecule has 5 rings (SSSR count). The molecule has 0 fully saturated rings. The number of halogens is 1. The summed E-state index contributed by atoms with van der Waals surface area (Å²) in [7, 11) is 0. The normalized spacial score (nSPS) is 14.7. The van der Waals surface area contributed by atoms with Crippen molar-refractivity contribution in [2.45, 2.75) is 25.9 Å². The van der Waals surface area contributed by atoms with Crippen LogP contribution in [0.2, 0.25) is 0 Å². The molecule has 0 aromatic heterocycles. The van der Waals surface area contributed by atoms with E-state index in [9.17, 15) is 4.39 Å². The summed E-state index contributed by atoms with van der Waals surface area (Å²) in [5.74, 6) is 0.0801. The van der Waals surface area contributed by atoms with Gasteiger partial charge >= 0.3 is 0 Å². The number of hydrogen-bond donors (Lipinski definition) is 0. The van der Waals surface area contributed by atoms with Crippen molar-refractivity contribution in [1.29, 1.82) is 0 Å². The summed E-state index contributed by atoms with van der Waals surface area (Å²) in [6, 6.07) is 33.2. The quantitative estimate of drug-likeness (QED) is 0.204. The van der Waals surface area contributed by atoms with Crippen LogP contribution in [0, 0.1) is 11.9 Å². The summed E-state index contributed by atoms with van der Waals surface area (Å²) in [5.41, 5.74) is 7.78. The summed E-state index contributed by atoms with van der Waals surface area (Å²) in [6.45, 7) is 4.44. The van der Waals surface area contributed by atoms with Crippen molar-refractivity contribution in [2.75, 3.05) is 4.90 Å². The number of benzene rings is 4. The first-order chi connectivity index (χ1) is 16.1. The second kappa shape index (κ2) is 10.4. The van der Waals surface area contributed by atoms with E-state index in [0.717, 1.165) is 33.5 Å². The predicted octanol–water partition coefficient (Wildman–Crippen LogP) is 8.44. The molecule has 1 atom stereocenters. The van der Waals surface area contributed by atoms with E-state index in [1.807, 2.05) is 24.5 Å². The molecule has 0 aliphatic carbocycles. The summed E-state index contributed by atoms with van der Waals surface area (Å²) >= 11 is 0. The van der Waals surface area contributed by atoms with E-state index in [2.05, 4.69) is 85.5 Å². The molecule has 34 heavy (non-hydrogen) atoms. The van der Waals surface area contributed by atoms with Gasteiger partial charge in [0.25, 0.3) is 0 Å². The van der Waals surface area contributed by atoms with Crippen molar-refractivity contribution in [3.05, 3.63) is 132 Å². The average Bonchev–Trinajstić information content (AvgIpc) is 3.34. The second-order valence-electron chi connectivity index (χ2n) is 8.54. The van der Waals surface area contributed by atoms with Crippen LogP contribution >= 0.6 is 0 Å². The molecule has 4 heteroatoms. The topological polar surface area (TPSA) is 17.3 Å².